The van der Waals surface area contributed by atoms with Gasteiger partial charge < -0.3 is 4.57 Å². The first-order chi connectivity index (χ1) is 8.79. The number of nitrogens with zero attached hydrogens (tertiary/aromatic N) is 2. The van der Waals surface area contributed by atoms with Crippen LogP contribution in [0.4, 0.5) is 13.2 Å². The standard InChI is InChI=1S/C12H11Cl2F3N2/c1-7(13)11-18-9-4-2-3-8(14)10(9)19(11)6-5-12(15,16)17/h2-4,7H,5-6H2,1H3. The van der Waals surface area contributed by atoms with Crippen molar-refractivity contribution in [2.45, 2.75) is 31.4 Å². The van der Waals surface area contributed by atoms with Crippen LogP contribution in [-0.2, 0) is 6.54 Å². The molecule has 0 aliphatic rings. The minimum atomic E-state index is -4.23. The molecular weight excluding hydrogens is 300 g/mol. The van der Waals surface area contributed by atoms with E-state index in [9.17, 15) is 13.2 Å². The highest BCUT2D eigenvalue weighted by atomic mass is 35.5. The van der Waals surface area contributed by atoms with Crippen LogP contribution >= 0.6 is 23.2 Å². The minimum Gasteiger partial charge on any atom is -0.325 e. The van der Waals surface area contributed by atoms with Gasteiger partial charge in [0.15, 0.2) is 0 Å². The molecule has 1 unspecified atom stereocenters. The number of rotatable bonds is 3. The molecule has 0 fully saturated rings. The lowest BCUT2D eigenvalue weighted by atomic mass is 10.3. The number of halogens is 5. The highest BCUT2D eigenvalue weighted by molar-refractivity contribution is 6.35. The maximum atomic E-state index is 12.4. The topological polar surface area (TPSA) is 17.8 Å². The van der Waals surface area contributed by atoms with Crippen molar-refractivity contribution < 1.29 is 13.2 Å². The van der Waals surface area contributed by atoms with E-state index in [4.69, 9.17) is 23.2 Å². The monoisotopic (exact) mass is 310 g/mol. The molecule has 0 radical (unpaired) electrons. The zero-order valence-electron chi connectivity index (χ0n) is 10.0. The molecule has 1 heterocycles. The summed E-state index contributed by atoms with van der Waals surface area (Å²) in [6.07, 6.45) is -5.18. The average Bonchev–Trinajstić information content (AvgIpc) is 2.65. The van der Waals surface area contributed by atoms with Crippen LogP contribution in [0.3, 0.4) is 0 Å². The average molecular weight is 311 g/mol. The molecule has 0 amide bonds. The number of imidazole rings is 1. The summed E-state index contributed by atoms with van der Waals surface area (Å²) in [5.41, 5.74) is 1.05. The number of aromatic nitrogens is 2. The Kier molecular flexibility index (Phi) is 3.97. The first kappa shape index (κ1) is 14.5. The maximum absolute atomic E-state index is 12.4. The van der Waals surface area contributed by atoms with Gasteiger partial charge in [-0.2, -0.15) is 13.2 Å². The minimum absolute atomic E-state index is 0.240. The van der Waals surface area contributed by atoms with Crippen LogP contribution in [0.25, 0.3) is 11.0 Å². The Balaban J connectivity index is 2.51. The summed E-state index contributed by atoms with van der Waals surface area (Å²) in [7, 11) is 0. The van der Waals surface area contributed by atoms with Crippen LogP contribution in [0, 0.1) is 0 Å². The molecule has 0 aliphatic heterocycles. The van der Waals surface area contributed by atoms with Gasteiger partial charge in [0, 0.05) is 6.54 Å². The summed E-state index contributed by atoms with van der Waals surface area (Å²) in [4.78, 5) is 4.25. The molecule has 1 atom stereocenters. The largest absolute Gasteiger partial charge is 0.390 e. The molecule has 0 spiro atoms. The van der Waals surface area contributed by atoms with E-state index < -0.39 is 18.0 Å². The van der Waals surface area contributed by atoms with Crippen LogP contribution < -0.4 is 0 Å². The van der Waals surface area contributed by atoms with Crippen LogP contribution in [0.2, 0.25) is 5.02 Å². The van der Waals surface area contributed by atoms with Crippen molar-refractivity contribution in [2.24, 2.45) is 0 Å². The first-order valence-electron chi connectivity index (χ1n) is 5.65. The molecule has 19 heavy (non-hydrogen) atoms. The highest BCUT2D eigenvalue weighted by Crippen LogP contribution is 2.31. The van der Waals surface area contributed by atoms with E-state index in [1.807, 2.05) is 0 Å². The number of fused-ring (bicyclic) bond motifs is 1. The molecule has 2 nitrogen and oxygen atoms in total. The molecule has 7 heteroatoms. The Morgan fingerprint density at radius 1 is 1.37 bits per heavy atom. The second-order valence-corrected chi connectivity index (χ2v) is 5.27. The van der Waals surface area contributed by atoms with Gasteiger partial charge in [-0.25, -0.2) is 4.98 Å². The van der Waals surface area contributed by atoms with Crippen molar-refractivity contribution in [3.05, 3.63) is 29.0 Å². The molecular formula is C12H11Cl2F3N2. The lowest BCUT2D eigenvalue weighted by Gasteiger charge is -2.12. The molecule has 0 N–H and O–H groups in total. The van der Waals surface area contributed by atoms with Gasteiger partial charge in [0.1, 0.15) is 5.82 Å². The van der Waals surface area contributed by atoms with Gasteiger partial charge in [0.25, 0.3) is 0 Å². The zero-order chi connectivity index (χ0) is 14.2. The summed E-state index contributed by atoms with van der Waals surface area (Å²) in [6.45, 7) is 1.43. The van der Waals surface area contributed by atoms with E-state index in [0.29, 0.717) is 21.9 Å². The number of aryl methyl sites for hydroxylation is 1. The summed E-state index contributed by atoms with van der Waals surface area (Å²) in [6, 6.07) is 5.03. The van der Waals surface area contributed by atoms with E-state index in [-0.39, 0.29) is 6.54 Å². The number of benzene rings is 1. The normalized spacial score (nSPS) is 14.0. The van der Waals surface area contributed by atoms with Crippen molar-refractivity contribution in [2.75, 3.05) is 0 Å². The van der Waals surface area contributed by atoms with Crippen molar-refractivity contribution in [3.63, 3.8) is 0 Å². The Labute approximate surface area is 118 Å². The highest BCUT2D eigenvalue weighted by Gasteiger charge is 2.28. The third-order valence-electron chi connectivity index (χ3n) is 2.72. The van der Waals surface area contributed by atoms with Crippen LogP contribution in [-0.4, -0.2) is 15.7 Å². The smallest absolute Gasteiger partial charge is 0.325 e. The molecule has 0 saturated heterocycles. The van der Waals surface area contributed by atoms with Gasteiger partial charge in [-0.05, 0) is 19.1 Å². The Morgan fingerprint density at radius 3 is 2.63 bits per heavy atom. The number of alkyl halides is 4. The summed E-state index contributed by atoms with van der Waals surface area (Å²) in [5.74, 6) is 0.397. The second-order valence-electron chi connectivity index (χ2n) is 4.21. The van der Waals surface area contributed by atoms with Crippen molar-refractivity contribution >= 4 is 34.2 Å². The first-order valence-corrected chi connectivity index (χ1v) is 6.46. The fourth-order valence-electron chi connectivity index (χ4n) is 1.93. The Morgan fingerprint density at radius 2 is 2.05 bits per heavy atom. The van der Waals surface area contributed by atoms with Gasteiger partial charge in [-0.3, -0.25) is 0 Å². The number of hydrogen-bond acceptors (Lipinski definition) is 1. The number of para-hydroxylation sites is 1. The third-order valence-corrected chi connectivity index (χ3v) is 3.22. The van der Waals surface area contributed by atoms with E-state index in [2.05, 4.69) is 4.98 Å². The van der Waals surface area contributed by atoms with Gasteiger partial charge in [0.05, 0.1) is 27.9 Å². The van der Waals surface area contributed by atoms with Crippen LogP contribution in [0.15, 0.2) is 18.2 Å². The van der Waals surface area contributed by atoms with Crippen LogP contribution in [0.1, 0.15) is 24.5 Å². The lowest BCUT2D eigenvalue weighted by Crippen LogP contribution is -2.14. The molecule has 0 saturated carbocycles. The van der Waals surface area contributed by atoms with E-state index in [1.165, 1.54) is 4.57 Å². The van der Waals surface area contributed by atoms with Gasteiger partial charge in [0.2, 0.25) is 0 Å². The third kappa shape index (κ3) is 3.15. The van der Waals surface area contributed by atoms with E-state index in [1.54, 1.807) is 25.1 Å². The summed E-state index contributed by atoms with van der Waals surface area (Å²) in [5, 5.41) is -0.118. The Hall–Kier alpha value is -0.940. The molecule has 2 rings (SSSR count). The number of hydrogen-bond donors (Lipinski definition) is 0. The molecule has 1 aromatic carbocycles. The molecule has 1 aromatic heterocycles. The lowest BCUT2D eigenvalue weighted by molar-refractivity contribution is -0.136. The molecule has 0 bridgehead atoms. The second kappa shape index (κ2) is 5.21. The quantitative estimate of drug-likeness (QED) is 0.734. The Bertz CT molecular complexity index is 590. The zero-order valence-corrected chi connectivity index (χ0v) is 11.5. The predicted molar refractivity (Wildman–Crippen MR) is 69.7 cm³/mol. The van der Waals surface area contributed by atoms with E-state index in [0.717, 1.165) is 0 Å². The van der Waals surface area contributed by atoms with Gasteiger partial charge >= 0.3 is 6.18 Å². The SMILES string of the molecule is CC(Cl)c1nc2cccc(Cl)c2n1CCC(F)(F)F. The summed E-state index contributed by atoms with van der Waals surface area (Å²) < 4.78 is 38.6. The van der Waals surface area contributed by atoms with Crippen molar-refractivity contribution in [1.29, 1.82) is 0 Å². The summed E-state index contributed by atoms with van der Waals surface area (Å²) >= 11 is 12.0. The van der Waals surface area contributed by atoms with Crippen molar-refractivity contribution in [1.82, 2.24) is 9.55 Å². The maximum Gasteiger partial charge on any atom is 0.390 e. The fraction of sp³-hybridized carbons (Fsp3) is 0.417. The van der Waals surface area contributed by atoms with Crippen LogP contribution in [0.5, 0.6) is 0 Å². The predicted octanol–water partition coefficient (Wildman–Crippen LogP) is 4.94. The molecule has 2 aromatic rings. The fourth-order valence-corrected chi connectivity index (χ4v) is 2.37. The molecule has 0 aliphatic carbocycles. The van der Waals surface area contributed by atoms with Gasteiger partial charge in [-0.1, -0.05) is 17.7 Å². The van der Waals surface area contributed by atoms with Gasteiger partial charge in [-0.15, -0.1) is 11.6 Å². The molecule has 104 valence electrons. The van der Waals surface area contributed by atoms with Crippen molar-refractivity contribution in [3.8, 4) is 0 Å². The van der Waals surface area contributed by atoms with E-state index >= 15 is 0 Å².